The van der Waals surface area contributed by atoms with Crippen LogP contribution >= 0.6 is 23.2 Å². The summed E-state index contributed by atoms with van der Waals surface area (Å²) in [4.78, 5) is 14.6. The molecule has 1 aliphatic heterocycles. The number of carbonyl (C=O) groups excluding carboxylic acids is 1. The van der Waals surface area contributed by atoms with E-state index in [1.165, 1.54) is 32.4 Å². The summed E-state index contributed by atoms with van der Waals surface area (Å²) in [5.74, 6) is 0.797. The number of hydrogen-bond acceptors (Lipinski definition) is 3. The van der Waals surface area contributed by atoms with Crippen molar-refractivity contribution in [3.8, 4) is 5.75 Å². The quantitative estimate of drug-likeness (QED) is 0.547. The van der Waals surface area contributed by atoms with E-state index in [0.717, 1.165) is 18.7 Å². The number of hydrogen-bond donors (Lipinski definition) is 2. The molecular formula is C21H25Cl2N3O2. The van der Waals surface area contributed by atoms with Crippen LogP contribution in [-0.2, 0) is 0 Å². The molecule has 0 aromatic heterocycles. The van der Waals surface area contributed by atoms with E-state index in [-0.39, 0.29) is 6.03 Å². The second-order valence-corrected chi connectivity index (χ2v) is 7.74. The topological polar surface area (TPSA) is 53.6 Å². The molecule has 1 heterocycles. The number of rotatable bonds is 7. The molecule has 1 aliphatic rings. The summed E-state index contributed by atoms with van der Waals surface area (Å²) in [5, 5.41) is 6.40. The summed E-state index contributed by atoms with van der Waals surface area (Å²) in [6.45, 7) is 4.21. The first-order valence-corrected chi connectivity index (χ1v) is 10.3. The van der Waals surface area contributed by atoms with Crippen LogP contribution in [0.1, 0.15) is 25.7 Å². The SMILES string of the molecule is O=C(Nc1ccc(OCCCN2CCCCC2)cc1)Nc1cc(Cl)cc(Cl)c1. The van der Waals surface area contributed by atoms with Gasteiger partial charge in [0.15, 0.2) is 0 Å². The van der Waals surface area contributed by atoms with Gasteiger partial charge in [0, 0.05) is 28.0 Å². The Kier molecular flexibility index (Phi) is 7.83. The molecule has 0 bridgehead atoms. The molecule has 2 N–H and O–H groups in total. The monoisotopic (exact) mass is 421 g/mol. The number of likely N-dealkylation sites (tertiary alicyclic amines) is 1. The van der Waals surface area contributed by atoms with Crippen molar-refractivity contribution in [2.45, 2.75) is 25.7 Å². The fraction of sp³-hybridized carbons (Fsp3) is 0.381. The van der Waals surface area contributed by atoms with Crippen LogP contribution in [0, 0.1) is 0 Å². The Balaban J connectivity index is 1.40. The summed E-state index contributed by atoms with van der Waals surface area (Å²) >= 11 is 11.9. The average molecular weight is 422 g/mol. The number of nitrogens with one attached hydrogen (secondary N) is 2. The van der Waals surface area contributed by atoms with Gasteiger partial charge in [-0.15, -0.1) is 0 Å². The van der Waals surface area contributed by atoms with Gasteiger partial charge in [0.05, 0.1) is 6.61 Å². The Morgan fingerprint density at radius 2 is 1.57 bits per heavy atom. The molecule has 0 radical (unpaired) electrons. The van der Waals surface area contributed by atoms with Gasteiger partial charge in [0.1, 0.15) is 5.75 Å². The Labute approximate surface area is 176 Å². The average Bonchev–Trinajstić information content (AvgIpc) is 2.66. The summed E-state index contributed by atoms with van der Waals surface area (Å²) in [7, 11) is 0. The normalized spacial score (nSPS) is 14.5. The highest BCUT2D eigenvalue weighted by molar-refractivity contribution is 6.35. The minimum atomic E-state index is -0.367. The number of carbonyl (C=O) groups is 1. The summed E-state index contributed by atoms with van der Waals surface area (Å²) in [6.07, 6.45) is 5.00. The van der Waals surface area contributed by atoms with Gasteiger partial charge in [-0.2, -0.15) is 0 Å². The van der Waals surface area contributed by atoms with Crippen LogP contribution in [0.25, 0.3) is 0 Å². The highest BCUT2D eigenvalue weighted by Crippen LogP contribution is 2.23. The summed E-state index contributed by atoms with van der Waals surface area (Å²) in [6, 6.07) is 11.8. The fourth-order valence-corrected chi connectivity index (χ4v) is 3.74. The highest BCUT2D eigenvalue weighted by atomic mass is 35.5. The Morgan fingerprint density at radius 1 is 0.929 bits per heavy atom. The van der Waals surface area contributed by atoms with Crippen LogP contribution in [0.15, 0.2) is 42.5 Å². The van der Waals surface area contributed by atoms with Gasteiger partial charge in [-0.1, -0.05) is 29.6 Å². The zero-order valence-corrected chi connectivity index (χ0v) is 17.2. The van der Waals surface area contributed by atoms with Gasteiger partial charge in [0.2, 0.25) is 0 Å². The van der Waals surface area contributed by atoms with E-state index in [1.54, 1.807) is 18.2 Å². The molecule has 0 atom stereocenters. The molecule has 5 nitrogen and oxygen atoms in total. The van der Waals surface area contributed by atoms with Crippen molar-refractivity contribution in [2.75, 3.05) is 36.9 Å². The predicted octanol–water partition coefficient (Wildman–Crippen LogP) is 5.89. The van der Waals surface area contributed by atoms with Crippen LogP contribution in [0.5, 0.6) is 5.75 Å². The number of nitrogens with zero attached hydrogens (tertiary/aromatic N) is 1. The Bertz CT molecular complexity index is 757. The first kappa shape index (κ1) is 20.8. The molecule has 2 aromatic carbocycles. The molecule has 0 unspecified atom stereocenters. The van der Waals surface area contributed by atoms with Crippen molar-refractivity contribution in [1.82, 2.24) is 4.90 Å². The maximum absolute atomic E-state index is 12.1. The Hall–Kier alpha value is -1.95. The lowest BCUT2D eigenvalue weighted by Crippen LogP contribution is -2.31. The standard InChI is InChI=1S/C21H25Cl2N3O2/c22-16-13-17(23)15-19(14-16)25-21(27)24-18-5-7-20(8-6-18)28-12-4-11-26-9-2-1-3-10-26/h5-8,13-15H,1-4,9-12H2,(H2,24,25,27). The maximum Gasteiger partial charge on any atom is 0.323 e. The van der Waals surface area contributed by atoms with Gasteiger partial charge in [0.25, 0.3) is 0 Å². The first-order valence-electron chi connectivity index (χ1n) is 9.58. The predicted molar refractivity (Wildman–Crippen MR) is 116 cm³/mol. The largest absolute Gasteiger partial charge is 0.494 e. The molecule has 7 heteroatoms. The van der Waals surface area contributed by atoms with Crippen molar-refractivity contribution in [3.63, 3.8) is 0 Å². The number of anilines is 2. The third kappa shape index (κ3) is 6.89. The molecule has 1 fully saturated rings. The van der Waals surface area contributed by atoms with Crippen molar-refractivity contribution in [2.24, 2.45) is 0 Å². The summed E-state index contributed by atoms with van der Waals surface area (Å²) in [5.41, 5.74) is 1.20. The zero-order valence-electron chi connectivity index (χ0n) is 15.7. The number of piperidine rings is 1. The number of urea groups is 1. The number of benzene rings is 2. The lowest BCUT2D eigenvalue weighted by Gasteiger charge is -2.26. The minimum Gasteiger partial charge on any atom is -0.494 e. The Morgan fingerprint density at radius 3 is 2.25 bits per heavy atom. The lowest BCUT2D eigenvalue weighted by molar-refractivity contribution is 0.205. The molecule has 2 amide bonds. The summed E-state index contributed by atoms with van der Waals surface area (Å²) < 4.78 is 5.79. The van der Waals surface area contributed by atoms with Gasteiger partial charge in [-0.25, -0.2) is 4.79 Å². The molecule has 0 saturated carbocycles. The van der Waals surface area contributed by atoms with Gasteiger partial charge in [-0.3, -0.25) is 0 Å². The number of halogens is 2. The van der Waals surface area contributed by atoms with Crippen LogP contribution in [0.4, 0.5) is 16.2 Å². The van der Waals surface area contributed by atoms with Gasteiger partial charge >= 0.3 is 6.03 Å². The van der Waals surface area contributed by atoms with E-state index in [2.05, 4.69) is 15.5 Å². The molecular weight excluding hydrogens is 397 g/mol. The molecule has 150 valence electrons. The van der Waals surface area contributed by atoms with E-state index in [1.807, 2.05) is 24.3 Å². The minimum absolute atomic E-state index is 0.367. The second kappa shape index (κ2) is 10.6. The molecule has 3 rings (SSSR count). The van der Waals surface area contributed by atoms with Crippen molar-refractivity contribution in [1.29, 1.82) is 0 Å². The van der Waals surface area contributed by atoms with Gasteiger partial charge in [-0.05, 0) is 74.8 Å². The van der Waals surface area contributed by atoms with Crippen LogP contribution in [0.2, 0.25) is 10.0 Å². The fourth-order valence-electron chi connectivity index (χ4n) is 3.22. The van der Waals surface area contributed by atoms with Crippen molar-refractivity contribution >= 4 is 40.6 Å². The van der Waals surface area contributed by atoms with E-state index in [0.29, 0.717) is 28.0 Å². The van der Waals surface area contributed by atoms with Crippen molar-refractivity contribution < 1.29 is 9.53 Å². The number of ether oxygens (including phenoxy) is 1. The molecule has 0 aliphatic carbocycles. The maximum atomic E-state index is 12.1. The third-order valence-electron chi connectivity index (χ3n) is 4.57. The van der Waals surface area contributed by atoms with E-state index < -0.39 is 0 Å². The van der Waals surface area contributed by atoms with E-state index >= 15 is 0 Å². The number of amides is 2. The van der Waals surface area contributed by atoms with Crippen LogP contribution in [0.3, 0.4) is 0 Å². The van der Waals surface area contributed by atoms with E-state index in [9.17, 15) is 4.79 Å². The smallest absolute Gasteiger partial charge is 0.323 e. The molecule has 1 saturated heterocycles. The molecule has 2 aromatic rings. The first-order chi connectivity index (χ1) is 13.6. The lowest BCUT2D eigenvalue weighted by atomic mass is 10.1. The highest BCUT2D eigenvalue weighted by Gasteiger charge is 2.09. The van der Waals surface area contributed by atoms with E-state index in [4.69, 9.17) is 27.9 Å². The van der Waals surface area contributed by atoms with Gasteiger partial charge < -0.3 is 20.3 Å². The second-order valence-electron chi connectivity index (χ2n) is 6.87. The molecule has 0 spiro atoms. The third-order valence-corrected chi connectivity index (χ3v) is 5.01. The van der Waals surface area contributed by atoms with Crippen LogP contribution < -0.4 is 15.4 Å². The zero-order chi connectivity index (χ0) is 19.8. The van der Waals surface area contributed by atoms with Crippen LogP contribution in [-0.4, -0.2) is 37.2 Å². The van der Waals surface area contributed by atoms with Crippen molar-refractivity contribution in [3.05, 3.63) is 52.5 Å². The molecule has 28 heavy (non-hydrogen) atoms.